The van der Waals surface area contributed by atoms with Crippen LogP contribution in [0.4, 0.5) is 4.79 Å². The van der Waals surface area contributed by atoms with Gasteiger partial charge in [-0.15, -0.1) is 0 Å². The van der Waals surface area contributed by atoms with Crippen molar-refractivity contribution in [3.8, 4) is 5.69 Å². The Kier molecular flexibility index (Phi) is 6.41. The molecule has 0 radical (unpaired) electrons. The molecule has 2 aromatic rings. The highest BCUT2D eigenvalue weighted by Crippen LogP contribution is 2.17. The molecule has 1 aromatic heterocycles. The van der Waals surface area contributed by atoms with E-state index in [4.69, 9.17) is 4.74 Å². The minimum absolute atomic E-state index is 0.0982. The van der Waals surface area contributed by atoms with E-state index in [1.807, 2.05) is 13.0 Å². The van der Waals surface area contributed by atoms with E-state index in [-0.39, 0.29) is 6.04 Å². The summed E-state index contributed by atoms with van der Waals surface area (Å²) in [5, 5.41) is 9.16. The summed E-state index contributed by atoms with van der Waals surface area (Å²) in [5.74, 6) is -1.29. The number of benzene rings is 1. The van der Waals surface area contributed by atoms with Gasteiger partial charge in [0.1, 0.15) is 0 Å². The van der Waals surface area contributed by atoms with E-state index in [1.165, 1.54) is 6.42 Å². The highest BCUT2D eigenvalue weighted by Gasteiger charge is 2.18. The van der Waals surface area contributed by atoms with E-state index in [2.05, 4.69) is 15.7 Å². The van der Waals surface area contributed by atoms with E-state index in [0.717, 1.165) is 37.1 Å². The smallest absolute Gasteiger partial charge is 0.338 e. The van der Waals surface area contributed by atoms with Gasteiger partial charge in [-0.25, -0.2) is 14.3 Å². The molecule has 0 bridgehead atoms. The van der Waals surface area contributed by atoms with E-state index >= 15 is 0 Å². The summed E-state index contributed by atoms with van der Waals surface area (Å²) >= 11 is 0. The van der Waals surface area contributed by atoms with Crippen LogP contribution >= 0.6 is 0 Å². The monoisotopic (exact) mass is 384 g/mol. The number of carbonyl (C=O) groups is 3. The van der Waals surface area contributed by atoms with Crippen LogP contribution in [-0.2, 0) is 9.53 Å². The molecular formula is C20H24N4O4. The second-order valence-electron chi connectivity index (χ2n) is 6.86. The predicted octanol–water partition coefficient (Wildman–Crippen LogP) is 2.50. The SMILES string of the molecule is Cc1ccnn1-c1ccc(C(=O)OCC(=O)NC(=O)NC2CCCCC2)cc1. The fourth-order valence-corrected chi connectivity index (χ4v) is 3.22. The zero-order valence-corrected chi connectivity index (χ0v) is 15.8. The van der Waals surface area contributed by atoms with Crippen molar-refractivity contribution in [3.63, 3.8) is 0 Å². The lowest BCUT2D eigenvalue weighted by Gasteiger charge is -2.22. The predicted molar refractivity (Wildman–Crippen MR) is 102 cm³/mol. The molecule has 1 fully saturated rings. The third-order valence-corrected chi connectivity index (χ3v) is 4.71. The Morgan fingerprint density at radius 3 is 2.46 bits per heavy atom. The largest absolute Gasteiger partial charge is 0.452 e. The number of nitrogens with zero attached hydrogens (tertiary/aromatic N) is 2. The first kappa shape index (κ1) is 19.6. The van der Waals surface area contributed by atoms with Crippen LogP contribution in [0.1, 0.15) is 48.2 Å². The molecule has 3 amide bonds. The van der Waals surface area contributed by atoms with Gasteiger partial charge in [-0.1, -0.05) is 19.3 Å². The number of hydrogen-bond donors (Lipinski definition) is 2. The lowest BCUT2D eigenvalue weighted by molar-refractivity contribution is -0.123. The van der Waals surface area contributed by atoms with Crippen molar-refractivity contribution in [3.05, 3.63) is 47.8 Å². The molecule has 0 unspecified atom stereocenters. The molecule has 1 aromatic carbocycles. The van der Waals surface area contributed by atoms with Gasteiger partial charge in [-0.05, 0) is 50.1 Å². The van der Waals surface area contributed by atoms with Crippen molar-refractivity contribution in [2.24, 2.45) is 0 Å². The van der Waals surface area contributed by atoms with Crippen LogP contribution in [0.2, 0.25) is 0 Å². The Hall–Kier alpha value is -3.16. The van der Waals surface area contributed by atoms with Crippen LogP contribution in [0.25, 0.3) is 5.69 Å². The molecule has 28 heavy (non-hydrogen) atoms. The maximum atomic E-state index is 12.1. The van der Waals surface area contributed by atoms with Crippen LogP contribution < -0.4 is 10.6 Å². The second kappa shape index (κ2) is 9.16. The molecule has 3 rings (SSSR count). The number of rotatable bonds is 5. The van der Waals surface area contributed by atoms with Crippen LogP contribution in [0.3, 0.4) is 0 Å². The first-order chi connectivity index (χ1) is 13.5. The van der Waals surface area contributed by atoms with Crippen LogP contribution in [-0.4, -0.2) is 40.3 Å². The van der Waals surface area contributed by atoms with Crippen LogP contribution in [0.15, 0.2) is 36.5 Å². The van der Waals surface area contributed by atoms with E-state index in [1.54, 1.807) is 35.1 Å². The molecule has 8 nitrogen and oxygen atoms in total. The number of ether oxygens (including phenoxy) is 1. The maximum Gasteiger partial charge on any atom is 0.338 e. The van der Waals surface area contributed by atoms with Gasteiger partial charge in [0.2, 0.25) is 0 Å². The first-order valence-electron chi connectivity index (χ1n) is 9.41. The molecule has 148 valence electrons. The van der Waals surface area contributed by atoms with Crippen LogP contribution in [0.5, 0.6) is 0 Å². The summed E-state index contributed by atoms with van der Waals surface area (Å²) < 4.78 is 6.73. The molecule has 0 saturated heterocycles. The van der Waals surface area contributed by atoms with Gasteiger partial charge < -0.3 is 10.1 Å². The number of aryl methyl sites for hydroxylation is 1. The average molecular weight is 384 g/mol. The van der Waals surface area contributed by atoms with E-state index in [9.17, 15) is 14.4 Å². The van der Waals surface area contributed by atoms with Gasteiger partial charge in [0.05, 0.1) is 11.3 Å². The standard InChI is InChI=1S/C20H24N4O4/c1-14-11-12-21-24(14)17-9-7-15(8-10-17)19(26)28-13-18(25)23-20(27)22-16-5-3-2-4-6-16/h7-12,16H,2-6,13H2,1H3,(H2,22,23,25,27). The fourth-order valence-electron chi connectivity index (χ4n) is 3.22. The molecule has 8 heteroatoms. The molecular weight excluding hydrogens is 360 g/mol. The summed E-state index contributed by atoms with van der Waals surface area (Å²) in [5.41, 5.74) is 2.10. The summed E-state index contributed by atoms with van der Waals surface area (Å²) in [4.78, 5) is 35.7. The molecule has 1 aliphatic carbocycles. The highest BCUT2D eigenvalue weighted by molar-refractivity contribution is 5.97. The van der Waals surface area contributed by atoms with Gasteiger partial charge in [0.15, 0.2) is 6.61 Å². The lowest BCUT2D eigenvalue weighted by Crippen LogP contribution is -2.46. The van der Waals surface area contributed by atoms with Crippen molar-refractivity contribution in [2.75, 3.05) is 6.61 Å². The second-order valence-corrected chi connectivity index (χ2v) is 6.86. The van der Waals surface area contributed by atoms with E-state index in [0.29, 0.717) is 5.56 Å². The maximum absolute atomic E-state index is 12.1. The van der Waals surface area contributed by atoms with Crippen LogP contribution in [0, 0.1) is 6.92 Å². The van der Waals surface area contributed by atoms with Crippen molar-refractivity contribution in [1.29, 1.82) is 0 Å². The summed E-state index contributed by atoms with van der Waals surface area (Å²) in [7, 11) is 0. The Labute approximate surface area is 163 Å². The third kappa shape index (κ3) is 5.18. The molecule has 2 N–H and O–H groups in total. The summed E-state index contributed by atoms with van der Waals surface area (Å²) in [6.07, 6.45) is 6.87. The quantitative estimate of drug-likeness (QED) is 0.771. The van der Waals surface area contributed by atoms with Gasteiger partial charge >= 0.3 is 12.0 Å². The minimum Gasteiger partial charge on any atom is -0.452 e. The molecule has 1 aliphatic rings. The number of aromatic nitrogens is 2. The Morgan fingerprint density at radius 2 is 1.82 bits per heavy atom. The number of nitrogens with one attached hydrogen (secondary N) is 2. The normalized spacial score (nSPS) is 14.3. The number of carbonyl (C=O) groups excluding carboxylic acids is 3. The van der Waals surface area contributed by atoms with Crippen molar-refractivity contribution < 1.29 is 19.1 Å². The molecule has 0 aliphatic heterocycles. The Balaban J connectivity index is 1.45. The highest BCUT2D eigenvalue weighted by atomic mass is 16.5. The van der Waals surface area contributed by atoms with Crippen molar-refractivity contribution >= 4 is 17.9 Å². The average Bonchev–Trinajstić information content (AvgIpc) is 3.13. The van der Waals surface area contributed by atoms with Crippen molar-refractivity contribution in [2.45, 2.75) is 45.1 Å². The first-order valence-corrected chi connectivity index (χ1v) is 9.41. The summed E-state index contributed by atoms with van der Waals surface area (Å²) in [6.45, 7) is 1.41. The Morgan fingerprint density at radius 1 is 1.11 bits per heavy atom. The van der Waals surface area contributed by atoms with E-state index < -0.39 is 24.5 Å². The summed E-state index contributed by atoms with van der Waals surface area (Å²) in [6, 6.07) is 8.13. The minimum atomic E-state index is -0.662. The molecule has 0 spiro atoms. The third-order valence-electron chi connectivity index (χ3n) is 4.71. The molecule has 0 atom stereocenters. The fraction of sp³-hybridized carbons (Fsp3) is 0.400. The van der Waals surface area contributed by atoms with Gasteiger partial charge in [0.25, 0.3) is 5.91 Å². The topological polar surface area (TPSA) is 102 Å². The van der Waals surface area contributed by atoms with Gasteiger partial charge in [-0.3, -0.25) is 10.1 Å². The van der Waals surface area contributed by atoms with Gasteiger partial charge in [0, 0.05) is 17.9 Å². The Bertz CT molecular complexity index is 838. The number of amides is 3. The van der Waals surface area contributed by atoms with Gasteiger partial charge in [-0.2, -0.15) is 5.10 Å². The molecule has 1 heterocycles. The number of hydrogen-bond acceptors (Lipinski definition) is 5. The molecule has 1 saturated carbocycles. The number of esters is 1. The zero-order chi connectivity index (χ0) is 19.9. The number of urea groups is 1. The van der Waals surface area contributed by atoms with Crippen molar-refractivity contribution in [1.82, 2.24) is 20.4 Å². The zero-order valence-electron chi connectivity index (χ0n) is 15.8. The lowest BCUT2D eigenvalue weighted by atomic mass is 9.96. The number of imide groups is 1.